The number of aryl methyl sites for hydroxylation is 1. The van der Waals surface area contributed by atoms with Crippen LogP contribution in [-0.2, 0) is 4.74 Å². The second-order valence-corrected chi connectivity index (χ2v) is 3.40. The predicted molar refractivity (Wildman–Crippen MR) is 58.0 cm³/mol. The molecule has 0 unspecified atom stereocenters. The van der Waals surface area contributed by atoms with Gasteiger partial charge in [0.05, 0.1) is 7.11 Å². The lowest BCUT2D eigenvalue weighted by atomic mass is 10.1. The van der Waals surface area contributed by atoms with E-state index in [2.05, 4.69) is 9.72 Å². The number of rotatable bonds is 2. The number of carbonyl (C=O) groups is 1. The van der Waals surface area contributed by atoms with Gasteiger partial charge in [0.2, 0.25) is 5.89 Å². The number of esters is 1. The molecular weight excluding hydrogens is 206 g/mol. The summed E-state index contributed by atoms with van der Waals surface area (Å²) < 4.78 is 9.76. The van der Waals surface area contributed by atoms with E-state index in [1.165, 1.54) is 13.4 Å². The molecule has 0 bridgehead atoms. The van der Waals surface area contributed by atoms with Crippen LogP contribution in [0.4, 0.5) is 0 Å². The molecule has 1 aromatic heterocycles. The molecule has 0 radical (unpaired) electrons. The Morgan fingerprint density at radius 2 is 2.25 bits per heavy atom. The Morgan fingerprint density at radius 3 is 2.94 bits per heavy atom. The first-order valence-corrected chi connectivity index (χ1v) is 4.81. The number of oxazole rings is 1. The van der Waals surface area contributed by atoms with Crippen molar-refractivity contribution in [2.45, 2.75) is 6.92 Å². The minimum Gasteiger partial charge on any atom is -0.464 e. The lowest BCUT2D eigenvalue weighted by molar-refractivity contribution is 0.0594. The zero-order valence-corrected chi connectivity index (χ0v) is 9.06. The van der Waals surface area contributed by atoms with Gasteiger partial charge in [-0.2, -0.15) is 0 Å². The summed E-state index contributed by atoms with van der Waals surface area (Å²) in [5.41, 5.74) is 2.13. The fourth-order valence-electron chi connectivity index (χ4n) is 1.38. The Balaban J connectivity index is 2.35. The number of carbonyl (C=O) groups excluding carboxylic acids is 1. The lowest BCUT2D eigenvalue weighted by Crippen LogP contribution is -2.00. The second kappa shape index (κ2) is 4.18. The molecule has 0 aliphatic rings. The van der Waals surface area contributed by atoms with Crippen molar-refractivity contribution in [3.05, 3.63) is 41.8 Å². The summed E-state index contributed by atoms with van der Waals surface area (Å²) in [6.45, 7) is 1.98. The molecule has 82 valence electrons. The molecule has 0 aliphatic carbocycles. The van der Waals surface area contributed by atoms with Crippen molar-refractivity contribution in [2.24, 2.45) is 0 Å². The van der Waals surface area contributed by atoms with Gasteiger partial charge in [-0.15, -0.1) is 0 Å². The van der Waals surface area contributed by atoms with Gasteiger partial charge in [0.25, 0.3) is 0 Å². The molecule has 0 amide bonds. The molecule has 0 N–H and O–H groups in total. The Hall–Kier alpha value is -2.10. The van der Waals surface area contributed by atoms with Gasteiger partial charge in [-0.05, 0) is 19.1 Å². The van der Waals surface area contributed by atoms with Crippen LogP contribution in [0, 0.1) is 6.92 Å². The van der Waals surface area contributed by atoms with Crippen LogP contribution in [0.1, 0.15) is 16.1 Å². The van der Waals surface area contributed by atoms with Crippen molar-refractivity contribution in [1.29, 1.82) is 0 Å². The van der Waals surface area contributed by atoms with Crippen molar-refractivity contribution in [1.82, 2.24) is 4.98 Å². The van der Waals surface area contributed by atoms with E-state index in [1.807, 2.05) is 31.2 Å². The van der Waals surface area contributed by atoms with Gasteiger partial charge in [-0.25, -0.2) is 9.78 Å². The smallest absolute Gasteiger partial charge is 0.360 e. The number of methoxy groups -OCH3 is 1. The summed E-state index contributed by atoms with van der Waals surface area (Å²) in [5.74, 6) is -0.0771. The van der Waals surface area contributed by atoms with E-state index >= 15 is 0 Å². The van der Waals surface area contributed by atoms with Crippen LogP contribution >= 0.6 is 0 Å². The van der Waals surface area contributed by atoms with Crippen LogP contribution in [0.15, 0.2) is 34.9 Å². The second-order valence-electron chi connectivity index (χ2n) is 3.40. The molecule has 0 atom stereocenters. The largest absolute Gasteiger partial charge is 0.464 e. The molecule has 1 aromatic carbocycles. The summed E-state index contributed by atoms with van der Waals surface area (Å²) >= 11 is 0. The van der Waals surface area contributed by atoms with Crippen molar-refractivity contribution >= 4 is 5.97 Å². The molecule has 1 heterocycles. The monoisotopic (exact) mass is 217 g/mol. The fourth-order valence-corrected chi connectivity index (χ4v) is 1.38. The molecule has 0 fully saturated rings. The molecular formula is C12H11NO3. The maximum absolute atomic E-state index is 11.2. The van der Waals surface area contributed by atoms with E-state index in [-0.39, 0.29) is 5.69 Å². The van der Waals surface area contributed by atoms with Crippen LogP contribution in [0.5, 0.6) is 0 Å². The number of nitrogens with zero attached hydrogens (tertiary/aromatic N) is 1. The van der Waals surface area contributed by atoms with Crippen molar-refractivity contribution in [2.75, 3.05) is 7.11 Å². The lowest BCUT2D eigenvalue weighted by Gasteiger charge is -1.96. The van der Waals surface area contributed by atoms with E-state index in [0.717, 1.165) is 11.1 Å². The van der Waals surface area contributed by atoms with E-state index in [0.29, 0.717) is 5.89 Å². The third-order valence-corrected chi connectivity index (χ3v) is 2.16. The third kappa shape index (κ3) is 1.95. The van der Waals surface area contributed by atoms with Gasteiger partial charge in [0.1, 0.15) is 6.26 Å². The number of benzene rings is 1. The molecule has 4 nitrogen and oxygen atoms in total. The van der Waals surface area contributed by atoms with Crippen LogP contribution in [0.3, 0.4) is 0 Å². The molecule has 0 spiro atoms. The van der Waals surface area contributed by atoms with E-state index < -0.39 is 5.97 Å². The zero-order valence-electron chi connectivity index (χ0n) is 9.06. The highest BCUT2D eigenvalue weighted by molar-refractivity contribution is 5.87. The van der Waals surface area contributed by atoms with Crippen molar-refractivity contribution < 1.29 is 13.9 Å². The molecule has 2 rings (SSSR count). The number of hydrogen-bond donors (Lipinski definition) is 0. The number of aromatic nitrogens is 1. The standard InChI is InChI=1S/C12H11NO3/c1-8-4-3-5-9(6-8)11-13-10(7-16-11)12(14)15-2/h3-7H,1-2H3. The highest BCUT2D eigenvalue weighted by atomic mass is 16.5. The van der Waals surface area contributed by atoms with Gasteiger partial charge >= 0.3 is 5.97 Å². The SMILES string of the molecule is COC(=O)c1coc(-c2cccc(C)c2)n1. The van der Waals surface area contributed by atoms with Gasteiger partial charge < -0.3 is 9.15 Å². The summed E-state index contributed by atoms with van der Waals surface area (Å²) in [7, 11) is 1.31. The molecule has 0 aliphatic heterocycles. The van der Waals surface area contributed by atoms with Gasteiger partial charge in [-0.3, -0.25) is 0 Å². The molecule has 0 saturated heterocycles. The minimum absolute atomic E-state index is 0.180. The Labute approximate surface area is 92.9 Å². The van der Waals surface area contributed by atoms with E-state index in [1.54, 1.807) is 0 Å². The topological polar surface area (TPSA) is 52.3 Å². The summed E-state index contributed by atoms with van der Waals surface area (Å²) in [6, 6.07) is 7.70. The van der Waals surface area contributed by atoms with Crippen LogP contribution in [0.2, 0.25) is 0 Å². The fraction of sp³-hybridized carbons (Fsp3) is 0.167. The summed E-state index contributed by atoms with van der Waals surface area (Å²) in [4.78, 5) is 15.2. The third-order valence-electron chi connectivity index (χ3n) is 2.16. The highest BCUT2D eigenvalue weighted by Gasteiger charge is 2.13. The van der Waals surface area contributed by atoms with Crippen LogP contribution < -0.4 is 0 Å². The minimum atomic E-state index is -0.498. The zero-order chi connectivity index (χ0) is 11.5. The first kappa shape index (κ1) is 10.4. The summed E-state index contributed by atoms with van der Waals surface area (Å²) in [6.07, 6.45) is 1.30. The normalized spacial score (nSPS) is 10.1. The van der Waals surface area contributed by atoms with Crippen molar-refractivity contribution in [3.8, 4) is 11.5 Å². The highest BCUT2D eigenvalue weighted by Crippen LogP contribution is 2.19. The summed E-state index contributed by atoms with van der Waals surface area (Å²) in [5, 5.41) is 0. The number of hydrogen-bond acceptors (Lipinski definition) is 4. The van der Waals surface area contributed by atoms with Gasteiger partial charge in [0, 0.05) is 5.56 Å². The molecule has 16 heavy (non-hydrogen) atoms. The van der Waals surface area contributed by atoms with Crippen molar-refractivity contribution in [3.63, 3.8) is 0 Å². The maximum atomic E-state index is 11.2. The van der Waals surface area contributed by atoms with Crippen LogP contribution in [-0.4, -0.2) is 18.1 Å². The molecule has 2 aromatic rings. The average molecular weight is 217 g/mol. The number of ether oxygens (including phenoxy) is 1. The predicted octanol–water partition coefficient (Wildman–Crippen LogP) is 2.44. The Bertz CT molecular complexity index is 516. The average Bonchev–Trinajstić information content (AvgIpc) is 2.77. The first-order valence-electron chi connectivity index (χ1n) is 4.81. The van der Waals surface area contributed by atoms with E-state index in [9.17, 15) is 4.79 Å². The molecule has 4 heteroatoms. The maximum Gasteiger partial charge on any atom is 0.360 e. The quantitative estimate of drug-likeness (QED) is 0.725. The van der Waals surface area contributed by atoms with Crippen LogP contribution in [0.25, 0.3) is 11.5 Å². The Morgan fingerprint density at radius 1 is 1.44 bits per heavy atom. The molecule has 0 saturated carbocycles. The van der Waals surface area contributed by atoms with Gasteiger partial charge in [-0.1, -0.05) is 17.7 Å². The first-order chi connectivity index (χ1) is 7.70. The Kier molecular flexibility index (Phi) is 2.72. The van der Waals surface area contributed by atoms with E-state index in [4.69, 9.17) is 4.42 Å². The van der Waals surface area contributed by atoms with Gasteiger partial charge in [0.15, 0.2) is 5.69 Å².